The van der Waals surface area contributed by atoms with Crippen LogP contribution in [0.3, 0.4) is 0 Å². The number of aromatic nitrogens is 2. The third-order valence-electron chi connectivity index (χ3n) is 2.37. The van der Waals surface area contributed by atoms with Gasteiger partial charge in [-0.2, -0.15) is 5.10 Å². The Hall–Kier alpha value is -1.71. The van der Waals surface area contributed by atoms with Crippen molar-refractivity contribution in [1.82, 2.24) is 9.78 Å². The lowest BCUT2D eigenvalue weighted by atomic mass is 10.1. The number of aldehydes is 1. The molecule has 0 amide bonds. The number of benzene rings is 1. The van der Waals surface area contributed by atoms with Crippen molar-refractivity contribution in [3.05, 3.63) is 29.2 Å². The topological polar surface area (TPSA) is 34.9 Å². The van der Waals surface area contributed by atoms with Crippen molar-refractivity contribution in [2.75, 3.05) is 0 Å². The Morgan fingerprint density at radius 3 is 2.86 bits per heavy atom. The first-order chi connectivity index (χ1) is 6.63. The molecule has 0 saturated heterocycles. The minimum absolute atomic E-state index is 0.0515. The molecular weight excluding hydrogens is 183 g/mol. The molecule has 0 aliphatic rings. The first-order valence-electron chi connectivity index (χ1n) is 4.21. The Labute approximate surface area is 80.1 Å². The molecule has 4 heteroatoms. The summed E-state index contributed by atoms with van der Waals surface area (Å²) in [6.07, 6.45) is 0.499. The highest BCUT2D eigenvalue weighted by Crippen LogP contribution is 2.20. The molecule has 2 rings (SSSR count). The summed E-state index contributed by atoms with van der Waals surface area (Å²) < 4.78 is 14.9. The molecule has 0 radical (unpaired) electrons. The monoisotopic (exact) mass is 192 g/mol. The predicted octanol–water partition coefficient (Wildman–Crippen LogP) is 1.83. The quantitative estimate of drug-likeness (QED) is 0.646. The maximum Gasteiger partial charge on any atom is 0.153 e. The zero-order valence-electron chi connectivity index (χ0n) is 7.91. The van der Waals surface area contributed by atoms with E-state index in [1.165, 1.54) is 12.1 Å². The number of hydrogen-bond donors (Lipinski definition) is 0. The molecule has 0 spiro atoms. The highest BCUT2D eigenvalue weighted by molar-refractivity contribution is 5.88. The van der Waals surface area contributed by atoms with Crippen LogP contribution in [0, 0.1) is 12.7 Å². The van der Waals surface area contributed by atoms with Gasteiger partial charge in [-0.3, -0.25) is 9.48 Å². The highest BCUT2D eigenvalue weighted by atomic mass is 19.1. The number of rotatable bonds is 1. The van der Waals surface area contributed by atoms with E-state index in [1.54, 1.807) is 11.7 Å². The van der Waals surface area contributed by atoms with Gasteiger partial charge in [-0.1, -0.05) is 0 Å². The normalized spacial score (nSPS) is 10.8. The van der Waals surface area contributed by atoms with Crippen molar-refractivity contribution < 1.29 is 9.18 Å². The van der Waals surface area contributed by atoms with Crippen LogP contribution in [0.1, 0.15) is 16.1 Å². The number of aryl methyl sites for hydroxylation is 2. The lowest BCUT2D eigenvalue weighted by Gasteiger charge is -1.94. The number of fused-ring (bicyclic) bond motifs is 1. The van der Waals surface area contributed by atoms with Gasteiger partial charge in [0.05, 0.1) is 11.1 Å². The molecule has 72 valence electrons. The van der Waals surface area contributed by atoms with E-state index in [-0.39, 0.29) is 5.56 Å². The minimum Gasteiger partial charge on any atom is -0.298 e. The summed E-state index contributed by atoms with van der Waals surface area (Å²) in [5.41, 5.74) is 1.58. The van der Waals surface area contributed by atoms with E-state index in [9.17, 15) is 9.18 Å². The van der Waals surface area contributed by atoms with Crippen LogP contribution in [-0.2, 0) is 7.05 Å². The molecule has 1 aromatic carbocycles. The maximum atomic E-state index is 13.2. The van der Waals surface area contributed by atoms with Crippen LogP contribution in [0.2, 0.25) is 0 Å². The van der Waals surface area contributed by atoms with Crippen molar-refractivity contribution in [2.45, 2.75) is 6.92 Å². The van der Waals surface area contributed by atoms with Crippen molar-refractivity contribution in [3.8, 4) is 0 Å². The van der Waals surface area contributed by atoms with Crippen molar-refractivity contribution >= 4 is 17.2 Å². The largest absolute Gasteiger partial charge is 0.298 e. The Bertz CT molecular complexity index is 516. The van der Waals surface area contributed by atoms with E-state index in [2.05, 4.69) is 5.10 Å². The van der Waals surface area contributed by atoms with E-state index in [4.69, 9.17) is 0 Å². The minimum atomic E-state index is -0.497. The van der Waals surface area contributed by atoms with Gasteiger partial charge in [-0.15, -0.1) is 0 Å². The van der Waals surface area contributed by atoms with E-state index in [1.807, 2.05) is 6.92 Å². The third kappa shape index (κ3) is 1.11. The maximum absolute atomic E-state index is 13.2. The van der Waals surface area contributed by atoms with Gasteiger partial charge >= 0.3 is 0 Å². The van der Waals surface area contributed by atoms with E-state index >= 15 is 0 Å². The number of halogens is 1. The summed E-state index contributed by atoms with van der Waals surface area (Å²) in [5.74, 6) is -0.497. The summed E-state index contributed by atoms with van der Waals surface area (Å²) in [5, 5.41) is 4.90. The lowest BCUT2D eigenvalue weighted by molar-refractivity contribution is 0.112. The van der Waals surface area contributed by atoms with Gasteiger partial charge in [0.25, 0.3) is 0 Å². The van der Waals surface area contributed by atoms with Crippen LogP contribution in [0.25, 0.3) is 10.9 Å². The Morgan fingerprint density at radius 2 is 2.21 bits per heavy atom. The van der Waals surface area contributed by atoms with Gasteiger partial charge < -0.3 is 0 Å². The SMILES string of the molecule is Cc1c2cc(F)c(C=O)cc2nn1C. The molecule has 1 heterocycles. The highest BCUT2D eigenvalue weighted by Gasteiger charge is 2.09. The molecule has 0 unspecified atom stereocenters. The average Bonchev–Trinajstić information content (AvgIpc) is 2.43. The first-order valence-corrected chi connectivity index (χ1v) is 4.21. The molecule has 0 saturated carbocycles. The second kappa shape index (κ2) is 2.90. The smallest absolute Gasteiger partial charge is 0.153 e. The Balaban J connectivity index is 2.85. The summed E-state index contributed by atoms with van der Waals surface area (Å²) in [6, 6.07) is 2.81. The number of carbonyl (C=O) groups is 1. The van der Waals surface area contributed by atoms with Crippen LogP contribution in [0.5, 0.6) is 0 Å². The van der Waals surface area contributed by atoms with Crippen molar-refractivity contribution in [2.24, 2.45) is 7.05 Å². The van der Waals surface area contributed by atoms with Crippen LogP contribution in [0.15, 0.2) is 12.1 Å². The van der Waals surface area contributed by atoms with Gasteiger partial charge in [0.1, 0.15) is 5.82 Å². The van der Waals surface area contributed by atoms with Crippen LogP contribution in [-0.4, -0.2) is 16.1 Å². The molecule has 0 N–H and O–H groups in total. The fraction of sp³-hybridized carbons (Fsp3) is 0.200. The molecular formula is C10H9FN2O. The van der Waals surface area contributed by atoms with E-state index < -0.39 is 5.82 Å². The Kier molecular flexibility index (Phi) is 1.84. The molecule has 0 fully saturated rings. The average molecular weight is 192 g/mol. The second-order valence-corrected chi connectivity index (χ2v) is 3.22. The van der Waals surface area contributed by atoms with Gasteiger partial charge in [-0.25, -0.2) is 4.39 Å². The van der Waals surface area contributed by atoms with Crippen LogP contribution < -0.4 is 0 Å². The predicted molar refractivity (Wildman–Crippen MR) is 50.8 cm³/mol. The molecule has 1 aromatic heterocycles. The standard InChI is InChI=1S/C10H9FN2O/c1-6-8-4-9(11)7(5-14)3-10(8)12-13(6)2/h3-5H,1-2H3. The van der Waals surface area contributed by atoms with E-state index in [0.29, 0.717) is 11.8 Å². The molecule has 0 atom stereocenters. The fourth-order valence-electron chi connectivity index (χ4n) is 1.45. The molecule has 0 aliphatic heterocycles. The van der Waals surface area contributed by atoms with Crippen LogP contribution in [0.4, 0.5) is 4.39 Å². The number of nitrogens with zero attached hydrogens (tertiary/aromatic N) is 2. The third-order valence-corrected chi connectivity index (χ3v) is 2.37. The molecule has 3 nitrogen and oxygen atoms in total. The van der Waals surface area contributed by atoms with Gasteiger partial charge in [0.15, 0.2) is 6.29 Å². The number of hydrogen-bond acceptors (Lipinski definition) is 2. The van der Waals surface area contributed by atoms with Crippen LogP contribution >= 0.6 is 0 Å². The fourth-order valence-corrected chi connectivity index (χ4v) is 1.45. The summed E-state index contributed by atoms with van der Waals surface area (Å²) >= 11 is 0. The molecule has 0 bridgehead atoms. The van der Waals surface area contributed by atoms with E-state index in [0.717, 1.165) is 11.1 Å². The lowest BCUT2D eigenvalue weighted by Crippen LogP contribution is -1.91. The van der Waals surface area contributed by atoms with Crippen molar-refractivity contribution in [3.63, 3.8) is 0 Å². The first kappa shape index (κ1) is 8.87. The second-order valence-electron chi connectivity index (χ2n) is 3.22. The van der Waals surface area contributed by atoms with Gasteiger partial charge in [0.2, 0.25) is 0 Å². The number of carbonyl (C=O) groups excluding carboxylic acids is 1. The van der Waals surface area contributed by atoms with Gasteiger partial charge in [0, 0.05) is 18.1 Å². The summed E-state index contributed by atoms with van der Waals surface area (Å²) in [4.78, 5) is 10.5. The summed E-state index contributed by atoms with van der Waals surface area (Å²) in [6.45, 7) is 1.86. The zero-order chi connectivity index (χ0) is 10.3. The molecule has 0 aliphatic carbocycles. The molecule has 14 heavy (non-hydrogen) atoms. The van der Waals surface area contributed by atoms with Gasteiger partial charge in [-0.05, 0) is 19.1 Å². The zero-order valence-corrected chi connectivity index (χ0v) is 7.91. The van der Waals surface area contributed by atoms with Crippen molar-refractivity contribution in [1.29, 1.82) is 0 Å². The Morgan fingerprint density at radius 1 is 1.50 bits per heavy atom. The summed E-state index contributed by atoms with van der Waals surface area (Å²) in [7, 11) is 1.79. The molecule has 2 aromatic rings.